The quantitative estimate of drug-likeness (QED) is 0.539. The largest absolute Gasteiger partial charge is 0.347 e. The minimum atomic E-state index is -0.669. The van der Waals surface area contributed by atoms with Gasteiger partial charge in [-0.2, -0.15) is 0 Å². The van der Waals surface area contributed by atoms with Gasteiger partial charge in [-0.15, -0.1) is 0 Å². The van der Waals surface area contributed by atoms with E-state index in [-0.39, 0.29) is 34.8 Å². The number of nitrogens with one attached hydrogen (secondary N) is 3. The smallest absolute Gasteiger partial charge is 0.253 e. The second-order valence-electron chi connectivity index (χ2n) is 7.42. The molecule has 1 rings (SSSR count). The van der Waals surface area contributed by atoms with Crippen LogP contribution < -0.4 is 21.7 Å². The van der Waals surface area contributed by atoms with E-state index in [4.69, 9.17) is 17.3 Å². The molecule has 0 heterocycles. The predicted octanol–water partition coefficient (Wildman–Crippen LogP) is 2.30. The fourth-order valence-corrected chi connectivity index (χ4v) is 2.30. The van der Waals surface area contributed by atoms with Crippen molar-refractivity contribution < 1.29 is 14.4 Å². The zero-order chi connectivity index (χ0) is 20.8. The van der Waals surface area contributed by atoms with Crippen molar-refractivity contribution in [2.75, 3.05) is 11.9 Å². The monoisotopic (exact) mass is 396 g/mol. The highest BCUT2D eigenvalue weighted by Gasteiger charge is 2.21. The minimum absolute atomic E-state index is 0.0248. The molecule has 3 amide bonds. The van der Waals surface area contributed by atoms with Gasteiger partial charge in [0, 0.05) is 11.2 Å². The van der Waals surface area contributed by atoms with Gasteiger partial charge in [-0.05, 0) is 44.4 Å². The molecule has 27 heavy (non-hydrogen) atoms. The molecule has 0 aliphatic rings. The predicted molar refractivity (Wildman–Crippen MR) is 108 cm³/mol. The molecule has 7 nitrogen and oxygen atoms in total. The highest BCUT2D eigenvalue weighted by molar-refractivity contribution is 6.34. The lowest BCUT2D eigenvalue weighted by Gasteiger charge is -2.24. The van der Waals surface area contributed by atoms with Gasteiger partial charge < -0.3 is 21.7 Å². The zero-order valence-electron chi connectivity index (χ0n) is 16.5. The summed E-state index contributed by atoms with van der Waals surface area (Å²) >= 11 is 6.19. The van der Waals surface area contributed by atoms with Crippen LogP contribution in [0.5, 0.6) is 0 Å². The van der Waals surface area contributed by atoms with Crippen LogP contribution in [-0.4, -0.2) is 35.8 Å². The third-order valence-electron chi connectivity index (χ3n) is 4.28. The highest BCUT2D eigenvalue weighted by atomic mass is 35.5. The number of carbonyl (C=O) groups is 3. The van der Waals surface area contributed by atoms with Gasteiger partial charge in [0.2, 0.25) is 11.8 Å². The van der Waals surface area contributed by atoms with Gasteiger partial charge in [0.1, 0.15) is 0 Å². The first-order valence-electron chi connectivity index (χ1n) is 8.92. The van der Waals surface area contributed by atoms with Gasteiger partial charge in [0.05, 0.1) is 23.2 Å². The molecule has 0 aliphatic heterocycles. The van der Waals surface area contributed by atoms with Crippen molar-refractivity contribution in [3.63, 3.8) is 0 Å². The van der Waals surface area contributed by atoms with Gasteiger partial charge in [-0.25, -0.2) is 0 Å². The Bertz CT molecular complexity index is 704. The van der Waals surface area contributed by atoms with Crippen LogP contribution in [0, 0.1) is 5.92 Å². The Kier molecular flexibility index (Phi) is 8.24. The van der Waals surface area contributed by atoms with Crippen molar-refractivity contribution in [1.29, 1.82) is 0 Å². The third-order valence-corrected chi connectivity index (χ3v) is 4.59. The fraction of sp³-hybridized carbons (Fsp3) is 0.526. The lowest BCUT2D eigenvalue weighted by atomic mass is 10.0. The van der Waals surface area contributed by atoms with Crippen LogP contribution in [0.25, 0.3) is 0 Å². The molecule has 1 aromatic rings. The second-order valence-corrected chi connectivity index (χ2v) is 7.83. The first-order valence-corrected chi connectivity index (χ1v) is 9.30. The van der Waals surface area contributed by atoms with Crippen molar-refractivity contribution in [2.45, 2.75) is 52.6 Å². The molecular weight excluding hydrogens is 368 g/mol. The Morgan fingerprint density at radius 3 is 2.37 bits per heavy atom. The molecule has 0 aromatic heterocycles. The highest BCUT2D eigenvalue weighted by Crippen LogP contribution is 2.22. The molecule has 0 bridgehead atoms. The van der Waals surface area contributed by atoms with Gasteiger partial charge in [0.25, 0.3) is 5.91 Å². The average Bonchev–Trinajstić information content (AvgIpc) is 2.58. The minimum Gasteiger partial charge on any atom is -0.347 e. The summed E-state index contributed by atoms with van der Waals surface area (Å²) in [7, 11) is 0. The Morgan fingerprint density at radius 2 is 1.85 bits per heavy atom. The molecule has 1 aromatic carbocycles. The number of anilines is 1. The van der Waals surface area contributed by atoms with E-state index in [9.17, 15) is 14.4 Å². The number of rotatable bonds is 8. The van der Waals surface area contributed by atoms with E-state index >= 15 is 0 Å². The van der Waals surface area contributed by atoms with Gasteiger partial charge >= 0.3 is 0 Å². The van der Waals surface area contributed by atoms with Crippen LogP contribution in [0.3, 0.4) is 0 Å². The van der Waals surface area contributed by atoms with Crippen molar-refractivity contribution in [1.82, 2.24) is 10.6 Å². The Hall–Kier alpha value is -2.12. The number of benzene rings is 1. The van der Waals surface area contributed by atoms with Crippen molar-refractivity contribution in [3.05, 3.63) is 28.8 Å². The third kappa shape index (κ3) is 7.19. The van der Waals surface area contributed by atoms with Crippen molar-refractivity contribution in [2.24, 2.45) is 11.7 Å². The normalized spacial score (nSPS) is 12.4. The Morgan fingerprint density at radius 1 is 1.22 bits per heavy atom. The summed E-state index contributed by atoms with van der Waals surface area (Å²) in [5.74, 6) is -1.11. The Labute approximate surface area is 165 Å². The van der Waals surface area contributed by atoms with Crippen LogP contribution in [0.15, 0.2) is 18.2 Å². The van der Waals surface area contributed by atoms with E-state index in [0.717, 1.165) is 6.42 Å². The molecule has 0 aliphatic carbocycles. The molecule has 1 atom stereocenters. The SMILES string of the molecule is CCC(C)(C)NC(=O)c1ccc(NC(=O)CNC(=O)[C@@H](N)C(C)C)cc1Cl. The number of hydrogen-bond donors (Lipinski definition) is 4. The molecule has 0 spiro atoms. The second kappa shape index (κ2) is 9.71. The molecule has 0 unspecified atom stereocenters. The van der Waals surface area contributed by atoms with Crippen LogP contribution in [0.1, 0.15) is 51.4 Å². The Balaban J connectivity index is 2.68. The summed E-state index contributed by atoms with van der Waals surface area (Å²) < 4.78 is 0. The van der Waals surface area contributed by atoms with E-state index in [2.05, 4.69) is 16.0 Å². The number of halogens is 1. The van der Waals surface area contributed by atoms with E-state index in [1.807, 2.05) is 34.6 Å². The number of hydrogen-bond acceptors (Lipinski definition) is 4. The summed E-state index contributed by atoms with van der Waals surface area (Å²) in [4.78, 5) is 36.1. The molecule has 5 N–H and O–H groups in total. The number of carbonyl (C=O) groups excluding carboxylic acids is 3. The fourth-order valence-electron chi connectivity index (χ4n) is 2.03. The number of nitrogens with two attached hydrogens (primary N) is 1. The van der Waals surface area contributed by atoms with Gasteiger partial charge in [0.15, 0.2) is 0 Å². The van der Waals surface area contributed by atoms with Crippen LogP contribution >= 0.6 is 11.6 Å². The summed E-state index contributed by atoms with van der Waals surface area (Å²) in [5.41, 5.74) is 6.13. The maximum atomic E-state index is 12.3. The van der Waals surface area contributed by atoms with Crippen LogP contribution in [0.4, 0.5) is 5.69 Å². The van der Waals surface area contributed by atoms with E-state index in [0.29, 0.717) is 11.3 Å². The number of amides is 3. The molecule has 0 saturated heterocycles. The molecule has 0 radical (unpaired) electrons. The maximum Gasteiger partial charge on any atom is 0.253 e. The molecular formula is C19H29ClN4O3. The van der Waals surface area contributed by atoms with Gasteiger partial charge in [-0.1, -0.05) is 32.4 Å². The summed E-state index contributed by atoms with van der Waals surface area (Å²) in [6.45, 7) is 9.27. The molecule has 8 heteroatoms. The maximum absolute atomic E-state index is 12.3. The van der Waals surface area contributed by atoms with Crippen LogP contribution in [-0.2, 0) is 9.59 Å². The lowest BCUT2D eigenvalue weighted by Crippen LogP contribution is -2.46. The first kappa shape index (κ1) is 22.9. The summed E-state index contributed by atoms with van der Waals surface area (Å²) in [6, 6.07) is 3.96. The molecule has 150 valence electrons. The first-order chi connectivity index (χ1) is 12.5. The van der Waals surface area contributed by atoms with Gasteiger partial charge in [-0.3, -0.25) is 14.4 Å². The summed E-state index contributed by atoms with van der Waals surface area (Å²) in [6.07, 6.45) is 0.774. The zero-order valence-corrected chi connectivity index (χ0v) is 17.2. The topological polar surface area (TPSA) is 113 Å². The van der Waals surface area contributed by atoms with Crippen molar-refractivity contribution in [3.8, 4) is 0 Å². The van der Waals surface area contributed by atoms with Crippen LogP contribution in [0.2, 0.25) is 5.02 Å². The molecule has 0 fully saturated rings. The van der Waals surface area contributed by atoms with Crippen molar-refractivity contribution >= 4 is 35.0 Å². The molecule has 0 saturated carbocycles. The van der Waals surface area contributed by atoms with E-state index in [1.54, 1.807) is 12.1 Å². The van der Waals surface area contributed by atoms with E-state index < -0.39 is 11.9 Å². The lowest BCUT2D eigenvalue weighted by molar-refractivity contribution is -0.125. The standard InChI is InChI=1S/C19H29ClN4O3/c1-6-19(4,5)24-17(26)13-8-7-12(9-14(13)20)23-15(25)10-22-18(27)16(21)11(2)3/h7-9,11,16H,6,10,21H2,1-5H3,(H,22,27)(H,23,25)(H,24,26)/t16-/m0/s1. The van der Waals surface area contributed by atoms with E-state index in [1.165, 1.54) is 6.07 Å². The average molecular weight is 397 g/mol. The summed E-state index contributed by atoms with van der Waals surface area (Å²) in [5, 5.41) is 8.24.